The van der Waals surface area contributed by atoms with E-state index in [0.717, 1.165) is 19.6 Å². The topological polar surface area (TPSA) is 77.2 Å². The Hall–Kier alpha value is -1.66. The number of nitrogens with zero attached hydrogens (tertiary/aromatic N) is 1. The Balaban J connectivity index is 1.48. The number of piperidine rings is 1. The molecule has 6 heteroatoms. The maximum atomic E-state index is 11.9. The number of rotatable bonds is 3. The Morgan fingerprint density at radius 1 is 1.40 bits per heavy atom. The molecule has 2 saturated heterocycles. The van der Waals surface area contributed by atoms with Crippen LogP contribution in [0.5, 0.6) is 0 Å². The molecular weight excluding hydrogens is 256 g/mol. The molecule has 2 fully saturated rings. The van der Waals surface area contributed by atoms with Gasteiger partial charge in [0.15, 0.2) is 0 Å². The summed E-state index contributed by atoms with van der Waals surface area (Å²) in [5.41, 5.74) is 0.412. The molecule has 108 valence electrons. The summed E-state index contributed by atoms with van der Waals surface area (Å²) in [4.78, 5) is 28.6. The first-order valence-electron chi connectivity index (χ1n) is 7.15. The van der Waals surface area contributed by atoms with Crippen LogP contribution in [0.4, 0.5) is 0 Å². The standard InChI is InChI=1S/C14H20N4O2/c19-13(17-14(20)11-4-2-6-15-11)9-18-7-10-3-1-5-16-12(10)8-18/h2,4,6,10,12,15-16H,1,3,5,7-9H2,(H,17,19,20)/t10-,12+/m0/s1. The first-order valence-corrected chi connectivity index (χ1v) is 7.15. The van der Waals surface area contributed by atoms with E-state index in [-0.39, 0.29) is 11.8 Å². The van der Waals surface area contributed by atoms with E-state index in [1.54, 1.807) is 18.3 Å². The zero-order chi connectivity index (χ0) is 13.9. The van der Waals surface area contributed by atoms with Crippen molar-refractivity contribution in [2.24, 2.45) is 5.92 Å². The molecule has 0 spiro atoms. The van der Waals surface area contributed by atoms with Crippen LogP contribution in [0.15, 0.2) is 18.3 Å². The molecule has 0 bridgehead atoms. The molecule has 2 aliphatic rings. The van der Waals surface area contributed by atoms with Crippen LogP contribution in [0.25, 0.3) is 0 Å². The number of fused-ring (bicyclic) bond motifs is 1. The number of imide groups is 1. The minimum absolute atomic E-state index is 0.233. The van der Waals surface area contributed by atoms with Crippen molar-refractivity contribution in [1.82, 2.24) is 20.5 Å². The number of hydrogen-bond donors (Lipinski definition) is 3. The zero-order valence-electron chi connectivity index (χ0n) is 11.4. The number of aromatic amines is 1. The van der Waals surface area contributed by atoms with Gasteiger partial charge in [-0.2, -0.15) is 0 Å². The minimum Gasteiger partial charge on any atom is -0.357 e. The van der Waals surface area contributed by atoms with Gasteiger partial charge in [0.25, 0.3) is 5.91 Å². The highest BCUT2D eigenvalue weighted by molar-refractivity contribution is 6.04. The lowest BCUT2D eigenvalue weighted by Crippen LogP contribution is -2.42. The Morgan fingerprint density at radius 3 is 3.05 bits per heavy atom. The molecule has 20 heavy (non-hydrogen) atoms. The summed E-state index contributed by atoms with van der Waals surface area (Å²) < 4.78 is 0. The fraction of sp³-hybridized carbons (Fsp3) is 0.571. The van der Waals surface area contributed by atoms with Crippen molar-refractivity contribution in [3.05, 3.63) is 24.0 Å². The van der Waals surface area contributed by atoms with Crippen LogP contribution in [0, 0.1) is 5.92 Å². The molecule has 0 radical (unpaired) electrons. The second kappa shape index (κ2) is 5.76. The lowest BCUT2D eigenvalue weighted by atomic mass is 9.94. The van der Waals surface area contributed by atoms with Crippen molar-refractivity contribution < 1.29 is 9.59 Å². The normalized spacial score (nSPS) is 26.2. The summed E-state index contributed by atoms with van der Waals surface area (Å²) >= 11 is 0. The van der Waals surface area contributed by atoms with Gasteiger partial charge in [0, 0.05) is 25.3 Å². The van der Waals surface area contributed by atoms with Gasteiger partial charge in [0.2, 0.25) is 5.91 Å². The lowest BCUT2D eigenvalue weighted by molar-refractivity contribution is -0.121. The highest BCUT2D eigenvalue weighted by Crippen LogP contribution is 2.24. The second-order valence-corrected chi connectivity index (χ2v) is 5.62. The molecule has 0 unspecified atom stereocenters. The smallest absolute Gasteiger partial charge is 0.274 e. The van der Waals surface area contributed by atoms with Gasteiger partial charge in [-0.15, -0.1) is 0 Å². The first kappa shape index (κ1) is 13.3. The van der Waals surface area contributed by atoms with Gasteiger partial charge >= 0.3 is 0 Å². The van der Waals surface area contributed by atoms with Crippen LogP contribution in [-0.4, -0.2) is 53.9 Å². The molecule has 6 nitrogen and oxygen atoms in total. The maximum Gasteiger partial charge on any atom is 0.274 e. The molecule has 2 aliphatic heterocycles. The third kappa shape index (κ3) is 2.91. The summed E-state index contributed by atoms with van der Waals surface area (Å²) in [6, 6.07) is 3.89. The molecule has 0 aliphatic carbocycles. The molecule has 3 rings (SSSR count). The van der Waals surface area contributed by atoms with E-state index in [2.05, 4.69) is 20.5 Å². The highest BCUT2D eigenvalue weighted by Gasteiger charge is 2.34. The van der Waals surface area contributed by atoms with Crippen LogP contribution < -0.4 is 10.6 Å². The van der Waals surface area contributed by atoms with Gasteiger partial charge < -0.3 is 10.3 Å². The predicted molar refractivity (Wildman–Crippen MR) is 74.2 cm³/mol. The molecular formula is C14H20N4O2. The van der Waals surface area contributed by atoms with E-state index in [4.69, 9.17) is 0 Å². The van der Waals surface area contributed by atoms with Crippen LogP contribution >= 0.6 is 0 Å². The molecule has 3 heterocycles. The van der Waals surface area contributed by atoms with Crippen molar-refractivity contribution in [3.63, 3.8) is 0 Å². The molecule has 3 N–H and O–H groups in total. The summed E-state index contributed by atoms with van der Waals surface area (Å²) in [6.07, 6.45) is 4.11. The Labute approximate surface area is 117 Å². The molecule has 2 atom stereocenters. The quantitative estimate of drug-likeness (QED) is 0.724. The van der Waals surface area contributed by atoms with Gasteiger partial charge in [0.1, 0.15) is 5.69 Å². The van der Waals surface area contributed by atoms with E-state index < -0.39 is 0 Å². The third-order valence-corrected chi connectivity index (χ3v) is 4.14. The summed E-state index contributed by atoms with van der Waals surface area (Å²) in [7, 11) is 0. The number of aromatic nitrogens is 1. The summed E-state index contributed by atoms with van der Waals surface area (Å²) in [6.45, 7) is 3.21. The van der Waals surface area contributed by atoms with E-state index in [0.29, 0.717) is 24.2 Å². The number of hydrogen-bond acceptors (Lipinski definition) is 4. The van der Waals surface area contributed by atoms with Crippen molar-refractivity contribution in [1.29, 1.82) is 0 Å². The molecule has 0 aromatic carbocycles. The van der Waals surface area contributed by atoms with Gasteiger partial charge in [-0.1, -0.05) is 0 Å². The van der Waals surface area contributed by atoms with Gasteiger partial charge in [0.05, 0.1) is 6.54 Å². The van der Waals surface area contributed by atoms with Crippen LogP contribution in [0.1, 0.15) is 23.3 Å². The van der Waals surface area contributed by atoms with E-state index >= 15 is 0 Å². The SMILES string of the molecule is O=C(CN1C[C@@H]2CCCN[C@@H]2C1)NC(=O)c1ccc[nH]1. The Morgan fingerprint density at radius 2 is 2.30 bits per heavy atom. The Kier molecular flexibility index (Phi) is 3.84. The molecule has 1 aromatic heterocycles. The maximum absolute atomic E-state index is 11.9. The van der Waals surface area contributed by atoms with E-state index in [1.807, 2.05) is 0 Å². The van der Waals surface area contributed by atoms with Crippen LogP contribution in [0.2, 0.25) is 0 Å². The monoisotopic (exact) mass is 276 g/mol. The molecule has 2 amide bonds. The van der Waals surface area contributed by atoms with E-state index in [9.17, 15) is 9.59 Å². The molecule has 0 saturated carbocycles. The van der Waals surface area contributed by atoms with Crippen LogP contribution in [0.3, 0.4) is 0 Å². The number of likely N-dealkylation sites (tertiary alicyclic amines) is 1. The first-order chi connectivity index (χ1) is 9.72. The van der Waals surface area contributed by atoms with Crippen molar-refractivity contribution >= 4 is 11.8 Å². The second-order valence-electron chi connectivity index (χ2n) is 5.62. The highest BCUT2D eigenvalue weighted by atomic mass is 16.2. The van der Waals surface area contributed by atoms with Crippen molar-refractivity contribution in [2.75, 3.05) is 26.2 Å². The van der Waals surface area contributed by atoms with Gasteiger partial charge in [-0.05, 0) is 37.4 Å². The number of H-pyrrole nitrogens is 1. The Bertz CT molecular complexity index is 471. The third-order valence-electron chi connectivity index (χ3n) is 4.14. The summed E-state index contributed by atoms with van der Waals surface area (Å²) in [5.74, 6) is 0.0497. The lowest BCUT2D eigenvalue weighted by Gasteiger charge is -2.24. The fourth-order valence-electron chi connectivity index (χ4n) is 3.17. The average Bonchev–Trinajstić information content (AvgIpc) is 3.07. The van der Waals surface area contributed by atoms with E-state index in [1.165, 1.54) is 12.8 Å². The number of amides is 2. The molecule has 1 aromatic rings. The van der Waals surface area contributed by atoms with Gasteiger partial charge in [-0.25, -0.2) is 0 Å². The number of carbonyl (C=O) groups excluding carboxylic acids is 2. The summed E-state index contributed by atoms with van der Waals surface area (Å²) in [5, 5.41) is 5.92. The number of nitrogens with one attached hydrogen (secondary N) is 3. The predicted octanol–water partition coefficient (Wildman–Crippen LogP) is -0.0451. The fourth-order valence-corrected chi connectivity index (χ4v) is 3.17. The van der Waals surface area contributed by atoms with Gasteiger partial charge in [-0.3, -0.25) is 19.8 Å². The average molecular weight is 276 g/mol. The van der Waals surface area contributed by atoms with Crippen LogP contribution in [-0.2, 0) is 4.79 Å². The minimum atomic E-state index is -0.366. The number of carbonyl (C=O) groups is 2. The zero-order valence-corrected chi connectivity index (χ0v) is 11.4. The van der Waals surface area contributed by atoms with Crippen molar-refractivity contribution in [3.8, 4) is 0 Å². The largest absolute Gasteiger partial charge is 0.357 e. The van der Waals surface area contributed by atoms with Crippen molar-refractivity contribution in [2.45, 2.75) is 18.9 Å².